The number of nitrogens with one attached hydrogen (secondary N) is 1. The van der Waals surface area contributed by atoms with Gasteiger partial charge in [-0.1, -0.05) is 19.8 Å². The summed E-state index contributed by atoms with van der Waals surface area (Å²) in [5.74, 6) is -0.711. The second kappa shape index (κ2) is 6.62. The summed E-state index contributed by atoms with van der Waals surface area (Å²) in [6.45, 7) is 2.83. The summed E-state index contributed by atoms with van der Waals surface area (Å²) in [5, 5.41) is 9.14. The molecule has 118 valence electrons. The lowest BCUT2D eigenvalue weighted by atomic mass is 10.1. The van der Waals surface area contributed by atoms with Crippen LogP contribution >= 0.6 is 0 Å². The molecule has 0 amide bonds. The highest BCUT2D eigenvalue weighted by atomic mass is 32.2. The van der Waals surface area contributed by atoms with E-state index in [1.54, 1.807) is 0 Å². The fourth-order valence-electron chi connectivity index (χ4n) is 2.76. The van der Waals surface area contributed by atoms with Crippen molar-refractivity contribution in [2.75, 3.05) is 6.54 Å². The van der Waals surface area contributed by atoms with Crippen LogP contribution in [-0.2, 0) is 16.6 Å². The average Bonchev–Trinajstić information content (AvgIpc) is 3.06. The molecule has 0 radical (unpaired) electrons. The molecule has 0 bridgehead atoms. The molecule has 0 saturated heterocycles. The number of hydrogen-bond acceptors (Lipinski definition) is 3. The second-order valence-corrected chi connectivity index (χ2v) is 7.33. The van der Waals surface area contributed by atoms with Crippen LogP contribution in [0.15, 0.2) is 17.2 Å². The molecule has 0 unspecified atom stereocenters. The Kier molecular flexibility index (Phi) is 5.05. The Morgan fingerprint density at radius 3 is 2.67 bits per heavy atom. The van der Waals surface area contributed by atoms with Crippen molar-refractivity contribution in [1.29, 1.82) is 0 Å². The molecule has 0 aromatic carbocycles. The van der Waals surface area contributed by atoms with Crippen LogP contribution in [0.2, 0.25) is 0 Å². The lowest BCUT2D eigenvalue weighted by Gasteiger charge is -2.10. The molecule has 0 atom stereocenters. The summed E-state index contributed by atoms with van der Waals surface area (Å²) in [6.07, 6.45) is 6.57. The number of carboxylic acid groups (broad SMARTS) is 1. The summed E-state index contributed by atoms with van der Waals surface area (Å²) in [6, 6.07) is 1.23. The highest BCUT2D eigenvalue weighted by Gasteiger charge is 2.23. The fraction of sp³-hybridized carbons (Fsp3) is 0.643. The third-order valence-electron chi connectivity index (χ3n) is 3.90. The monoisotopic (exact) mass is 314 g/mol. The maximum atomic E-state index is 12.3. The molecule has 1 aliphatic rings. The topological polar surface area (TPSA) is 88.4 Å². The molecule has 1 aliphatic carbocycles. The molecule has 0 spiro atoms. The van der Waals surface area contributed by atoms with Crippen LogP contribution in [0.4, 0.5) is 0 Å². The van der Waals surface area contributed by atoms with Gasteiger partial charge in [-0.15, -0.1) is 0 Å². The van der Waals surface area contributed by atoms with E-state index in [2.05, 4.69) is 4.72 Å². The van der Waals surface area contributed by atoms with Crippen molar-refractivity contribution in [3.05, 3.63) is 18.0 Å². The standard InChI is InChI=1S/C14H22N2O4S/c1-2-7-16-10-12(8-13(16)14(17)18)21(19,20)15-9-11-5-3-4-6-11/h8,10-11,15H,2-7,9H2,1H3,(H,17,18). The minimum absolute atomic E-state index is 0.0121. The lowest BCUT2D eigenvalue weighted by molar-refractivity contribution is 0.0685. The number of aromatic nitrogens is 1. The van der Waals surface area contributed by atoms with Gasteiger partial charge in [-0.05, 0) is 31.2 Å². The normalized spacial score (nSPS) is 16.4. The van der Waals surface area contributed by atoms with Crippen molar-refractivity contribution in [2.45, 2.75) is 50.5 Å². The highest BCUT2D eigenvalue weighted by Crippen LogP contribution is 2.24. The summed E-state index contributed by atoms with van der Waals surface area (Å²) >= 11 is 0. The van der Waals surface area contributed by atoms with Gasteiger partial charge in [0.2, 0.25) is 10.0 Å². The maximum absolute atomic E-state index is 12.3. The molecule has 1 aromatic heterocycles. The van der Waals surface area contributed by atoms with Crippen LogP contribution in [0, 0.1) is 5.92 Å². The lowest BCUT2D eigenvalue weighted by Crippen LogP contribution is -2.28. The Morgan fingerprint density at radius 2 is 2.10 bits per heavy atom. The number of carbonyl (C=O) groups is 1. The number of rotatable bonds is 7. The Balaban J connectivity index is 2.14. The quantitative estimate of drug-likeness (QED) is 0.806. The van der Waals surface area contributed by atoms with E-state index in [0.29, 0.717) is 19.0 Å². The first-order valence-corrected chi connectivity index (χ1v) is 8.85. The second-order valence-electron chi connectivity index (χ2n) is 5.56. The van der Waals surface area contributed by atoms with E-state index in [-0.39, 0.29) is 10.6 Å². The summed E-state index contributed by atoms with van der Waals surface area (Å²) in [4.78, 5) is 11.2. The van der Waals surface area contributed by atoms with Gasteiger partial charge in [-0.2, -0.15) is 0 Å². The molecule has 21 heavy (non-hydrogen) atoms. The fourth-order valence-corrected chi connectivity index (χ4v) is 3.92. The Hall–Kier alpha value is -1.34. The molecular formula is C14H22N2O4S. The molecule has 2 rings (SSSR count). The van der Waals surface area contributed by atoms with Gasteiger partial charge in [-0.3, -0.25) is 0 Å². The first kappa shape index (κ1) is 16.0. The Bertz CT molecular complexity index is 600. The van der Waals surface area contributed by atoms with Crippen molar-refractivity contribution in [3.63, 3.8) is 0 Å². The van der Waals surface area contributed by atoms with Crippen LogP contribution < -0.4 is 4.72 Å². The van der Waals surface area contributed by atoms with Crippen LogP contribution in [0.5, 0.6) is 0 Å². The number of sulfonamides is 1. The number of carboxylic acids is 1. The molecule has 0 aliphatic heterocycles. The van der Waals surface area contributed by atoms with Crippen molar-refractivity contribution in [3.8, 4) is 0 Å². The highest BCUT2D eigenvalue weighted by molar-refractivity contribution is 7.89. The minimum Gasteiger partial charge on any atom is -0.477 e. The maximum Gasteiger partial charge on any atom is 0.352 e. The van der Waals surface area contributed by atoms with E-state index in [1.807, 2.05) is 6.92 Å². The smallest absolute Gasteiger partial charge is 0.352 e. The van der Waals surface area contributed by atoms with Gasteiger partial charge in [0, 0.05) is 19.3 Å². The number of aromatic carboxylic acids is 1. The zero-order valence-corrected chi connectivity index (χ0v) is 13.0. The van der Waals surface area contributed by atoms with Crippen molar-refractivity contribution < 1.29 is 18.3 Å². The van der Waals surface area contributed by atoms with E-state index >= 15 is 0 Å². The third-order valence-corrected chi connectivity index (χ3v) is 5.29. The molecule has 6 nitrogen and oxygen atoms in total. The Morgan fingerprint density at radius 1 is 1.43 bits per heavy atom. The zero-order valence-electron chi connectivity index (χ0n) is 12.2. The third kappa shape index (κ3) is 3.85. The molecular weight excluding hydrogens is 292 g/mol. The van der Waals surface area contributed by atoms with Gasteiger partial charge >= 0.3 is 5.97 Å². The van der Waals surface area contributed by atoms with Gasteiger partial charge < -0.3 is 9.67 Å². The van der Waals surface area contributed by atoms with Gasteiger partial charge in [0.25, 0.3) is 0 Å². The molecule has 2 N–H and O–H groups in total. The first-order valence-electron chi connectivity index (χ1n) is 7.37. The molecule has 1 heterocycles. The van der Waals surface area contributed by atoms with E-state index in [9.17, 15) is 13.2 Å². The zero-order chi connectivity index (χ0) is 15.5. The molecule has 1 aromatic rings. The van der Waals surface area contributed by atoms with E-state index in [0.717, 1.165) is 32.1 Å². The largest absolute Gasteiger partial charge is 0.477 e. The van der Waals surface area contributed by atoms with Gasteiger partial charge in [0.05, 0.1) is 0 Å². The number of nitrogens with zero attached hydrogens (tertiary/aromatic N) is 1. The van der Waals surface area contributed by atoms with Crippen molar-refractivity contribution >= 4 is 16.0 Å². The SMILES string of the molecule is CCCn1cc(S(=O)(=O)NCC2CCCC2)cc1C(=O)O. The van der Waals surface area contributed by atoms with Crippen molar-refractivity contribution in [1.82, 2.24) is 9.29 Å². The van der Waals surface area contributed by atoms with Gasteiger partial charge in [0.15, 0.2) is 0 Å². The van der Waals surface area contributed by atoms with Crippen LogP contribution in [0.25, 0.3) is 0 Å². The molecule has 1 fully saturated rings. The predicted octanol–water partition coefficient (Wildman–Crippen LogP) is 2.06. The van der Waals surface area contributed by atoms with Gasteiger partial charge in [0.1, 0.15) is 10.6 Å². The minimum atomic E-state index is -3.64. The number of hydrogen-bond donors (Lipinski definition) is 2. The molecule has 7 heteroatoms. The van der Waals surface area contributed by atoms with Crippen molar-refractivity contribution in [2.24, 2.45) is 5.92 Å². The first-order chi connectivity index (χ1) is 9.94. The van der Waals surface area contributed by atoms with E-state index in [4.69, 9.17) is 5.11 Å². The summed E-state index contributed by atoms with van der Waals surface area (Å²) < 4.78 is 28.6. The average molecular weight is 314 g/mol. The number of aryl methyl sites for hydroxylation is 1. The van der Waals surface area contributed by atoms with E-state index < -0.39 is 16.0 Å². The van der Waals surface area contributed by atoms with Crippen LogP contribution in [0.1, 0.15) is 49.5 Å². The van der Waals surface area contributed by atoms with Crippen LogP contribution in [-0.4, -0.2) is 30.6 Å². The Labute approximate surface area is 125 Å². The van der Waals surface area contributed by atoms with E-state index in [1.165, 1.54) is 16.8 Å². The molecule has 1 saturated carbocycles. The van der Waals surface area contributed by atoms with Crippen LogP contribution in [0.3, 0.4) is 0 Å². The predicted molar refractivity (Wildman–Crippen MR) is 78.8 cm³/mol. The summed E-state index contributed by atoms with van der Waals surface area (Å²) in [7, 11) is -3.64. The summed E-state index contributed by atoms with van der Waals surface area (Å²) in [5.41, 5.74) is 0.0121. The van der Waals surface area contributed by atoms with Gasteiger partial charge in [-0.25, -0.2) is 17.9 Å².